The van der Waals surface area contributed by atoms with Gasteiger partial charge in [0.05, 0.1) is 0 Å². The predicted octanol–water partition coefficient (Wildman–Crippen LogP) is 2.57. The van der Waals surface area contributed by atoms with E-state index in [9.17, 15) is 14.4 Å². The van der Waals surface area contributed by atoms with Crippen LogP contribution in [0.5, 0.6) is 5.75 Å². The fraction of sp³-hybridized carbons (Fsp3) is 0.286. The number of anilines is 1. The molecule has 0 saturated heterocycles. The summed E-state index contributed by atoms with van der Waals surface area (Å²) in [5.41, 5.74) is 3.02. The number of hydrogen-bond acceptors (Lipinski definition) is 5. The highest BCUT2D eigenvalue weighted by Crippen LogP contribution is 2.20. The van der Waals surface area contributed by atoms with Crippen LogP contribution in [0.25, 0.3) is 0 Å². The number of nitrogens with zero attached hydrogens (tertiary/aromatic N) is 1. The van der Waals surface area contributed by atoms with Gasteiger partial charge in [-0.3, -0.25) is 9.59 Å². The van der Waals surface area contributed by atoms with Crippen LogP contribution in [0.2, 0.25) is 0 Å². The van der Waals surface area contributed by atoms with Gasteiger partial charge in [0.25, 0.3) is 11.8 Å². The quantitative estimate of drug-likeness (QED) is 0.742. The van der Waals surface area contributed by atoms with Gasteiger partial charge in [-0.05, 0) is 55.3 Å². The third kappa shape index (κ3) is 5.84. The number of esters is 1. The second-order valence-electron chi connectivity index (χ2n) is 6.47. The molecule has 1 N–H and O–H groups in total. The largest absolute Gasteiger partial charge is 0.482 e. The number of amides is 2. The minimum Gasteiger partial charge on any atom is -0.482 e. The Morgan fingerprint density at radius 3 is 2.29 bits per heavy atom. The molecule has 0 unspecified atom stereocenters. The van der Waals surface area contributed by atoms with Crippen molar-refractivity contribution in [2.45, 2.75) is 13.8 Å². The molecule has 7 nitrogen and oxygen atoms in total. The average molecular weight is 384 g/mol. The lowest BCUT2D eigenvalue weighted by Crippen LogP contribution is -2.24. The summed E-state index contributed by atoms with van der Waals surface area (Å²) in [6.07, 6.45) is 0. The molecule has 0 saturated carbocycles. The number of benzene rings is 2. The fourth-order valence-corrected chi connectivity index (χ4v) is 2.36. The van der Waals surface area contributed by atoms with Crippen molar-refractivity contribution >= 4 is 23.5 Å². The summed E-state index contributed by atoms with van der Waals surface area (Å²) >= 11 is 0. The lowest BCUT2D eigenvalue weighted by Gasteiger charge is -2.12. The molecule has 0 aliphatic rings. The van der Waals surface area contributed by atoms with Gasteiger partial charge in [-0.25, -0.2) is 4.79 Å². The number of aryl methyl sites for hydroxylation is 1. The van der Waals surface area contributed by atoms with Gasteiger partial charge in [0, 0.05) is 25.3 Å². The van der Waals surface area contributed by atoms with Gasteiger partial charge >= 0.3 is 5.97 Å². The first kappa shape index (κ1) is 21.0. The zero-order valence-electron chi connectivity index (χ0n) is 16.4. The topological polar surface area (TPSA) is 84.9 Å². The highest BCUT2D eigenvalue weighted by atomic mass is 16.6. The first-order valence-corrected chi connectivity index (χ1v) is 8.74. The predicted molar refractivity (Wildman–Crippen MR) is 105 cm³/mol. The maximum Gasteiger partial charge on any atom is 0.344 e. The molecule has 0 atom stereocenters. The van der Waals surface area contributed by atoms with Crippen molar-refractivity contribution in [1.82, 2.24) is 4.90 Å². The van der Waals surface area contributed by atoms with Crippen molar-refractivity contribution in [1.29, 1.82) is 0 Å². The molecule has 7 heteroatoms. The second-order valence-corrected chi connectivity index (χ2v) is 6.47. The maximum absolute atomic E-state index is 11.9. The summed E-state index contributed by atoms with van der Waals surface area (Å²) < 4.78 is 10.4. The minimum absolute atomic E-state index is 0.129. The van der Waals surface area contributed by atoms with Crippen LogP contribution in [0.3, 0.4) is 0 Å². The molecule has 28 heavy (non-hydrogen) atoms. The van der Waals surface area contributed by atoms with Crippen LogP contribution in [0.1, 0.15) is 21.5 Å². The zero-order valence-corrected chi connectivity index (χ0v) is 16.4. The molecular formula is C21H24N2O5. The SMILES string of the molecule is Cc1cccc(OCC(=O)OCC(=O)Nc2ccc(C(=O)N(C)C)cc2)c1C. The Labute approximate surface area is 164 Å². The van der Waals surface area contributed by atoms with Crippen molar-refractivity contribution in [3.63, 3.8) is 0 Å². The Morgan fingerprint density at radius 2 is 1.64 bits per heavy atom. The third-order valence-electron chi connectivity index (χ3n) is 4.09. The Bertz CT molecular complexity index is 860. The van der Waals surface area contributed by atoms with Crippen molar-refractivity contribution < 1.29 is 23.9 Å². The van der Waals surface area contributed by atoms with Gasteiger partial charge in [0.15, 0.2) is 13.2 Å². The van der Waals surface area contributed by atoms with E-state index < -0.39 is 18.5 Å². The van der Waals surface area contributed by atoms with E-state index in [4.69, 9.17) is 9.47 Å². The lowest BCUT2D eigenvalue weighted by atomic mass is 10.1. The molecule has 0 aromatic heterocycles. The number of nitrogens with one attached hydrogen (secondary N) is 1. The Hall–Kier alpha value is -3.35. The highest BCUT2D eigenvalue weighted by molar-refractivity contribution is 5.96. The van der Waals surface area contributed by atoms with E-state index in [-0.39, 0.29) is 12.5 Å². The van der Waals surface area contributed by atoms with Gasteiger partial charge in [-0.2, -0.15) is 0 Å². The smallest absolute Gasteiger partial charge is 0.344 e. The van der Waals surface area contributed by atoms with E-state index in [1.54, 1.807) is 44.4 Å². The van der Waals surface area contributed by atoms with Crippen LogP contribution in [0.4, 0.5) is 5.69 Å². The van der Waals surface area contributed by atoms with Crippen molar-refractivity contribution in [2.24, 2.45) is 0 Å². The molecule has 148 valence electrons. The summed E-state index contributed by atoms with van der Waals surface area (Å²) in [5.74, 6) is -0.640. The number of carbonyl (C=O) groups excluding carboxylic acids is 3. The summed E-state index contributed by atoms with van der Waals surface area (Å²) in [7, 11) is 3.33. The van der Waals surface area contributed by atoms with Crippen molar-refractivity contribution in [2.75, 3.05) is 32.6 Å². The number of hydrogen-bond donors (Lipinski definition) is 1. The third-order valence-corrected chi connectivity index (χ3v) is 4.09. The van der Waals surface area contributed by atoms with E-state index in [2.05, 4.69) is 5.32 Å². The molecule has 2 amide bonds. The van der Waals surface area contributed by atoms with E-state index in [0.29, 0.717) is 17.0 Å². The van der Waals surface area contributed by atoms with Crippen LogP contribution < -0.4 is 10.1 Å². The van der Waals surface area contributed by atoms with Crippen LogP contribution in [-0.2, 0) is 14.3 Å². The normalized spacial score (nSPS) is 10.1. The van der Waals surface area contributed by atoms with Gasteiger partial charge < -0.3 is 19.7 Å². The average Bonchev–Trinajstić information content (AvgIpc) is 2.67. The molecule has 2 rings (SSSR count). The zero-order chi connectivity index (χ0) is 20.7. The summed E-state index contributed by atoms with van der Waals surface area (Å²) in [4.78, 5) is 37.0. The Kier molecular flexibility index (Phi) is 7.14. The van der Waals surface area contributed by atoms with Crippen LogP contribution in [0, 0.1) is 13.8 Å². The molecule has 0 aliphatic carbocycles. The van der Waals surface area contributed by atoms with Crippen molar-refractivity contribution in [3.8, 4) is 5.75 Å². The number of carbonyl (C=O) groups is 3. The lowest BCUT2D eigenvalue weighted by molar-refractivity contribution is -0.149. The first-order chi connectivity index (χ1) is 13.3. The Morgan fingerprint density at radius 1 is 0.964 bits per heavy atom. The summed E-state index contributed by atoms with van der Waals surface area (Å²) in [6, 6.07) is 12.0. The van der Waals surface area contributed by atoms with Crippen molar-refractivity contribution in [3.05, 3.63) is 59.2 Å². The molecule has 2 aromatic rings. The van der Waals surface area contributed by atoms with Gasteiger partial charge in [-0.1, -0.05) is 12.1 Å². The summed E-state index contributed by atoms with van der Waals surface area (Å²) in [5, 5.41) is 2.60. The van der Waals surface area contributed by atoms with Crippen LogP contribution in [-0.4, -0.2) is 50.0 Å². The van der Waals surface area contributed by atoms with E-state index in [1.165, 1.54) is 4.90 Å². The van der Waals surface area contributed by atoms with Gasteiger partial charge in [0.2, 0.25) is 0 Å². The number of rotatable bonds is 7. The molecular weight excluding hydrogens is 360 g/mol. The van der Waals surface area contributed by atoms with Gasteiger partial charge in [-0.15, -0.1) is 0 Å². The highest BCUT2D eigenvalue weighted by Gasteiger charge is 2.11. The van der Waals surface area contributed by atoms with Crippen LogP contribution >= 0.6 is 0 Å². The van der Waals surface area contributed by atoms with Gasteiger partial charge in [0.1, 0.15) is 5.75 Å². The maximum atomic E-state index is 11.9. The molecule has 0 heterocycles. The van der Waals surface area contributed by atoms with E-state index in [1.807, 2.05) is 26.0 Å². The molecule has 2 aromatic carbocycles. The molecule has 0 aliphatic heterocycles. The first-order valence-electron chi connectivity index (χ1n) is 8.74. The monoisotopic (exact) mass is 384 g/mol. The fourth-order valence-electron chi connectivity index (χ4n) is 2.36. The molecule has 0 fully saturated rings. The van der Waals surface area contributed by atoms with E-state index in [0.717, 1.165) is 11.1 Å². The standard InChI is InChI=1S/C21H24N2O5/c1-14-6-5-7-18(15(14)2)27-13-20(25)28-12-19(24)22-17-10-8-16(9-11-17)21(26)23(3)4/h5-11H,12-13H2,1-4H3,(H,22,24). The second kappa shape index (κ2) is 9.55. The minimum atomic E-state index is -0.636. The molecule has 0 radical (unpaired) electrons. The number of ether oxygens (including phenoxy) is 2. The van der Waals surface area contributed by atoms with Crippen LogP contribution in [0.15, 0.2) is 42.5 Å². The molecule has 0 spiro atoms. The Balaban J connectivity index is 1.78. The summed E-state index contributed by atoms with van der Waals surface area (Å²) in [6.45, 7) is 3.15. The molecule has 0 bridgehead atoms. The van der Waals surface area contributed by atoms with E-state index >= 15 is 0 Å².